The van der Waals surface area contributed by atoms with Crippen LogP contribution in [0.1, 0.15) is 31.2 Å². The number of carboxylic acid groups (broad SMARTS) is 1. The van der Waals surface area contributed by atoms with Crippen LogP contribution in [0.15, 0.2) is 78.9 Å². The zero-order valence-corrected chi connectivity index (χ0v) is 19.2. The van der Waals surface area contributed by atoms with Crippen molar-refractivity contribution in [2.45, 2.75) is 32.1 Å². The van der Waals surface area contributed by atoms with E-state index in [1.54, 1.807) is 12.2 Å². The second-order valence-corrected chi connectivity index (χ2v) is 6.41. The molecule has 0 spiro atoms. The summed E-state index contributed by atoms with van der Waals surface area (Å²) in [5, 5.41) is 11.1. The molecule has 1 rings (SSSR count). The number of unbranched alkanes of at least 4 members (excludes halogenated alkanes) is 2. The highest BCUT2D eigenvalue weighted by molar-refractivity contribution is 5.87. The fraction of sp³-hybridized carbons (Fsp3) is 0.200. The normalized spacial score (nSPS) is 9.82. The summed E-state index contributed by atoms with van der Waals surface area (Å²) in [5.41, 5.74) is 1.22. The fourth-order valence-electron chi connectivity index (χ4n) is 2.20. The second-order valence-electron chi connectivity index (χ2n) is 6.41. The quantitative estimate of drug-likeness (QED) is 0.226. The number of hydrogen-bond donors (Lipinski definition) is 2. The molecule has 172 valence electrons. The molecule has 0 saturated heterocycles. The maximum atomic E-state index is 11.5. The molecule has 1 amide bonds. The van der Waals surface area contributed by atoms with Gasteiger partial charge in [0.15, 0.2) is 0 Å². The number of amides is 1. The van der Waals surface area contributed by atoms with Gasteiger partial charge >= 0.3 is 5.97 Å². The van der Waals surface area contributed by atoms with Crippen LogP contribution in [0.4, 0.5) is 0 Å². The Bertz CT molecular complexity index is 1050. The van der Waals surface area contributed by atoms with E-state index in [1.807, 2.05) is 48.6 Å². The Balaban J connectivity index is 0.000000722. The third-order valence-electron chi connectivity index (χ3n) is 3.73. The molecule has 1 aromatic rings. The van der Waals surface area contributed by atoms with Crippen LogP contribution in [-0.4, -0.2) is 23.5 Å². The number of aliphatic carboxylic acids is 1. The lowest BCUT2D eigenvalue weighted by Crippen LogP contribution is -2.23. The molecule has 0 aliphatic heterocycles. The largest absolute Gasteiger partial charge is 0.478 e. The van der Waals surface area contributed by atoms with Gasteiger partial charge in [0.1, 0.15) is 0 Å². The van der Waals surface area contributed by atoms with Gasteiger partial charge in [-0.15, -0.1) is 12.8 Å². The molecular formula is C30H29NO3. The zero-order chi connectivity index (χ0) is 25.1. The Morgan fingerprint density at radius 3 is 1.94 bits per heavy atom. The minimum Gasteiger partial charge on any atom is -0.478 e. The molecule has 1 aromatic carbocycles. The Morgan fingerprint density at radius 2 is 1.41 bits per heavy atom. The number of allylic oxidation sites excluding steroid dienone is 6. The first-order valence-corrected chi connectivity index (χ1v) is 10.7. The van der Waals surface area contributed by atoms with Crippen LogP contribution in [0.3, 0.4) is 0 Å². The predicted octanol–water partition coefficient (Wildman–Crippen LogP) is 4.47. The summed E-state index contributed by atoms with van der Waals surface area (Å²) in [4.78, 5) is 21.5. The molecule has 0 fully saturated rings. The minimum absolute atomic E-state index is 0.0808. The van der Waals surface area contributed by atoms with Crippen LogP contribution in [0.5, 0.6) is 0 Å². The van der Waals surface area contributed by atoms with Gasteiger partial charge in [-0.25, -0.2) is 4.79 Å². The minimum atomic E-state index is -0.947. The Hall–Kier alpha value is -4.64. The summed E-state index contributed by atoms with van der Waals surface area (Å²) in [5.74, 6) is 14.1. The van der Waals surface area contributed by atoms with Gasteiger partial charge in [-0.1, -0.05) is 78.6 Å². The average molecular weight is 452 g/mol. The summed E-state index contributed by atoms with van der Waals surface area (Å²) in [6.07, 6.45) is 26.9. The van der Waals surface area contributed by atoms with Gasteiger partial charge in [0, 0.05) is 31.5 Å². The zero-order valence-electron chi connectivity index (χ0n) is 19.2. The first-order valence-electron chi connectivity index (χ1n) is 10.7. The highest BCUT2D eigenvalue weighted by Crippen LogP contribution is 1.98. The number of nitrogens with one attached hydrogen (secondary N) is 1. The highest BCUT2D eigenvalue weighted by Gasteiger charge is 1.94. The molecule has 2 N–H and O–H groups in total. The van der Waals surface area contributed by atoms with Crippen LogP contribution >= 0.6 is 0 Å². The van der Waals surface area contributed by atoms with Crippen LogP contribution in [-0.2, 0) is 16.0 Å². The van der Waals surface area contributed by atoms with Crippen LogP contribution < -0.4 is 5.32 Å². The van der Waals surface area contributed by atoms with Crippen molar-refractivity contribution in [2.75, 3.05) is 6.54 Å². The number of rotatable bonds is 11. The lowest BCUT2D eigenvalue weighted by Gasteiger charge is -2.01. The molecule has 0 radical (unpaired) electrons. The summed E-state index contributed by atoms with van der Waals surface area (Å²) in [6.45, 7) is 0.637. The molecule has 4 nitrogen and oxygen atoms in total. The summed E-state index contributed by atoms with van der Waals surface area (Å²) >= 11 is 0. The maximum Gasteiger partial charge on any atom is 0.328 e. The topological polar surface area (TPSA) is 66.4 Å². The molecule has 34 heavy (non-hydrogen) atoms. The molecule has 0 saturated carbocycles. The van der Waals surface area contributed by atoms with E-state index in [0.717, 1.165) is 31.8 Å². The Morgan fingerprint density at radius 1 is 0.853 bits per heavy atom. The van der Waals surface area contributed by atoms with Gasteiger partial charge in [0.2, 0.25) is 5.91 Å². The van der Waals surface area contributed by atoms with E-state index in [4.69, 9.17) is 18.0 Å². The SMILES string of the molecule is C#CC#CCC/C=C/C=C/C(=O)NCCc1ccccc1.C#CC#CCC/C=C/C=C/C(=O)O. The average Bonchev–Trinajstić information content (AvgIpc) is 2.83. The predicted molar refractivity (Wildman–Crippen MR) is 139 cm³/mol. The number of carbonyl (C=O) groups is 2. The van der Waals surface area contributed by atoms with Crippen molar-refractivity contribution in [3.63, 3.8) is 0 Å². The molecule has 0 atom stereocenters. The number of terminal acetylenes is 2. The molecule has 0 unspecified atom stereocenters. The number of benzene rings is 1. The van der Waals surface area contributed by atoms with Crippen LogP contribution in [0, 0.1) is 48.4 Å². The van der Waals surface area contributed by atoms with Gasteiger partial charge in [0.05, 0.1) is 0 Å². The van der Waals surface area contributed by atoms with E-state index in [-0.39, 0.29) is 5.91 Å². The Labute approximate surface area is 203 Å². The van der Waals surface area contributed by atoms with Crippen LogP contribution in [0.25, 0.3) is 0 Å². The highest BCUT2D eigenvalue weighted by atomic mass is 16.4. The molecule has 4 heteroatoms. The van der Waals surface area contributed by atoms with E-state index in [1.165, 1.54) is 17.7 Å². The molecule has 0 aromatic heterocycles. The smallest absolute Gasteiger partial charge is 0.328 e. The molecule has 0 bridgehead atoms. The first-order chi connectivity index (χ1) is 16.6. The number of hydrogen-bond acceptors (Lipinski definition) is 2. The first kappa shape index (κ1) is 29.4. The van der Waals surface area contributed by atoms with Crippen LogP contribution in [0.2, 0.25) is 0 Å². The lowest BCUT2D eigenvalue weighted by atomic mass is 10.1. The van der Waals surface area contributed by atoms with Crippen molar-refractivity contribution in [2.24, 2.45) is 0 Å². The van der Waals surface area contributed by atoms with Crippen molar-refractivity contribution in [3.8, 4) is 48.4 Å². The summed E-state index contributed by atoms with van der Waals surface area (Å²) < 4.78 is 0. The van der Waals surface area contributed by atoms with Gasteiger partial charge in [0.25, 0.3) is 0 Å². The van der Waals surface area contributed by atoms with Gasteiger partial charge in [-0.05, 0) is 48.5 Å². The van der Waals surface area contributed by atoms with Crippen molar-refractivity contribution >= 4 is 11.9 Å². The molecular weight excluding hydrogens is 422 g/mol. The van der Waals surface area contributed by atoms with E-state index in [0.29, 0.717) is 13.0 Å². The summed E-state index contributed by atoms with van der Waals surface area (Å²) in [6, 6.07) is 10.1. The van der Waals surface area contributed by atoms with Gasteiger partial charge in [-0.2, -0.15) is 0 Å². The molecule has 0 aliphatic rings. The standard InChI is InChI=1S/C19H19NO.C11H10O2/c1-2-3-4-5-6-7-8-12-15-19(21)20-17-16-18-13-10-9-11-14-18;1-2-3-4-5-6-7-8-9-10-11(12)13/h1,7-15H,5-6,16-17H2,(H,20,21);1,7-10H,5-6H2,(H,12,13)/b8-7+,15-12+;8-7+,10-9+. The van der Waals surface area contributed by atoms with E-state index >= 15 is 0 Å². The van der Waals surface area contributed by atoms with Gasteiger partial charge in [-0.3, -0.25) is 4.79 Å². The Kier molecular flexibility index (Phi) is 19.9. The van der Waals surface area contributed by atoms with Crippen molar-refractivity contribution in [1.29, 1.82) is 0 Å². The second kappa shape index (κ2) is 23.0. The van der Waals surface area contributed by atoms with Crippen molar-refractivity contribution in [3.05, 3.63) is 84.5 Å². The van der Waals surface area contributed by atoms with Crippen molar-refractivity contribution < 1.29 is 14.7 Å². The monoisotopic (exact) mass is 451 g/mol. The number of carboxylic acids is 1. The van der Waals surface area contributed by atoms with Gasteiger partial charge < -0.3 is 10.4 Å². The third-order valence-corrected chi connectivity index (χ3v) is 3.73. The summed E-state index contributed by atoms with van der Waals surface area (Å²) in [7, 11) is 0. The lowest BCUT2D eigenvalue weighted by molar-refractivity contribution is -0.131. The van der Waals surface area contributed by atoms with E-state index in [9.17, 15) is 9.59 Å². The fourth-order valence-corrected chi connectivity index (χ4v) is 2.20. The van der Waals surface area contributed by atoms with E-state index in [2.05, 4.69) is 40.8 Å². The molecule has 0 heterocycles. The number of carbonyl (C=O) groups excluding carboxylic acids is 1. The third kappa shape index (κ3) is 22.1. The maximum absolute atomic E-state index is 11.5. The van der Waals surface area contributed by atoms with Crippen molar-refractivity contribution in [1.82, 2.24) is 5.32 Å². The van der Waals surface area contributed by atoms with E-state index < -0.39 is 5.97 Å². The molecule has 0 aliphatic carbocycles.